The first-order valence-electron chi connectivity index (χ1n) is 7.06. The van der Waals surface area contributed by atoms with Gasteiger partial charge >= 0.3 is 0 Å². The standard InChI is InChI=1S/C16H22ClN3/c1-4-20-14(15(17)12(3)19-20)10-11(2)16(18)13-8-6-5-7-9-13/h5-9,11,16H,4,10,18H2,1-3H3. The Morgan fingerprint density at radius 3 is 2.55 bits per heavy atom. The molecule has 4 heteroatoms. The first kappa shape index (κ1) is 15.1. The number of hydrogen-bond acceptors (Lipinski definition) is 2. The molecule has 108 valence electrons. The maximum absolute atomic E-state index is 6.36. The molecule has 0 fully saturated rings. The molecule has 0 amide bonds. The largest absolute Gasteiger partial charge is 0.324 e. The maximum Gasteiger partial charge on any atom is 0.0847 e. The van der Waals surface area contributed by atoms with Crippen molar-refractivity contribution in [2.45, 2.75) is 39.8 Å². The molecule has 3 nitrogen and oxygen atoms in total. The molecule has 2 aromatic rings. The minimum absolute atomic E-state index is 0.00720. The molecule has 0 aliphatic carbocycles. The van der Waals surface area contributed by atoms with Crippen molar-refractivity contribution in [1.82, 2.24) is 9.78 Å². The van der Waals surface area contributed by atoms with Crippen molar-refractivity contribution in [2.24, 2.45) is 11.7 Å². The van der Waals surface area contributed by atoms with Crippen LogP contribution in [0.2, 0.25) is 5.02 Å². The molecule has 2 unspecified atom stereocenters. The monoisotopic (exact) mass is 291 g/mol. The van der Waals surface area contributed by atoms with Crippen LogP contribution in [0.3, 0.4) is 0 Å². The quantitative estimate of drug-likeness (QED) is 0.912. The normalized spacial score (nSPS) is 14.2. The highest BCUT2D eigenvalue weighted by Crippen LogP contribution is 2.27. The fourth-order valence-electron chi connectivity index (χ4n) is 2.50. The first-order valence-corrected chi connectivity index (χ1v) is 7.44. The van der Waals surface area contributed by atoms with Gasteiger partial charge in [0.1, 0.15) is 0 Å². The molecule has 0 aliphatic rings. The van der Waals surface area contributed by atoms with Gasteiger partial charge in [-0.1, -0.05) is 48.9 Å². The van der Waals surface area contributed by atoms with Crippen LogP contribution in [0.4, 0.5) is 0 Å². The summed E-state index contributed by atoms with van der Waals surface area (Å²) in [4.78, 5) is 0. The van der Waals surface area contributed by atoms with Crippen molar-refractivity contribution in [2.75, 3.05) is 0 Å². The van der Waals surface area contributed by atoms with Crippen LogP contribution in [0.25, 0.3) is 0 Å². The van der Waals surface area contributed by atoms with Crippen LogP contribution in [0, 0.1) is 12.8 Å². The number of nitrogens with zero attached hydrogens (tertiary/aromatic N) is 2. The van der Waals surface area contributed by atoms with Gasteiger partial charge in [-0.05, 0) is 31.7 Å². The van der Waals surface area contributed by atoms with Crippen LogP contribution < -0.4 is 5.73 Å². The Labute approximate surface area is 125 Å². The number of aryl methyl sites for hydroxylation is 2. The van der Waals surface area contributed by atoms with Gasteiger partial charge in [0.25, 0.3) is 0 Å². The minimum Gasteiger partial charge on any atom is -0.324 e. The molecule has 0 aliphatic heterocycles. The van der Waals surface area contributed by atoms with E-state index in [0.717, 1.165) is 34.9 Å². The van der Waals surface area contributed by atoms with Crippen LogP contribution in [-0.4, -0.2) is 9.78 Å². The van der Waals surface area contributed by atoms with Crippen LogP contribution in [-0.2, 0) is 13.0 Å². The zero-order valence-electron chi connectivity index (χ0n) is 12.3. The summed E-state index contributed by atoms with van der Waals surface area (Å²) in [5.74, 6) is 0.302. The number of benzene rings is 1. The average Bonchev–Trinajstić information content (AvgIpc) is 2.75. The zero-order valence-corrected chi connectivity index (χ0v) is 13.1. The van der Waals surface area contributed by atoms with Crippen molar-refractivity contribution < 1.29 is 0 Å². The van der Waals surface area contributed by atoms with Crippen molar-refractivity contribution in [3.05, 3.63) is 52.3 Å². The molecule has 1 heterocycles. The highest BCUT2D eigenvalue weighted by atomic mass is 35.5. The summed E-state index contributed by atoms with van der Waals surface area (Å²) in [6.07, 6.45) is 0.837. The van der Waals surface area contributed by atoms with E-state index in [2.05, 4.69) is 31.1 Å². The van der Waals surface area contributed by atoms with E-state index in [1.54, 1.807) is 0 Å². The van der Waals surface area contributed by atoms with E-state index in [0.29, 0.717) is 5.92 Å². The lowest BCUT2D eigenvalue weighted by molar-refractivity contribution is 0.449. The summed E-state index contributed by atoms with van der Waals surface area (Å²) in [6.45, 7) is 7.01. The zero-order chi connectivity index (χ0) is 14.7. The van der Waals surface area contributed by atoms with Gasteiger partial charge in [-0.2, -0.15) is 5.10 Å². The van der Waals surface area contributed by atoms with Gasteiger partial charge in [0, 0.05) is 12.6 Å². The topological polar surface area (TPSA) is 43.8 Å². The Bertz CT molecular complexity index is 563. The van der Waals surface area contributed by atoms with Gasteiger partial charge in [0.2, 0.25) is 0 Å². The van der Waals surface area contributed by atoms with E-state index >= 15 is 0 Å². The van der Waals surface area contributed by atoms with E-state index in [1.807, 2.05) is 29.8 Å². The Balaban J connectivity index is 2.18. The molecule has 2 N–H and O–H groups in total. The average molecular weight is 292 g/mol. The first-order chi connectivity index (χ1) is 9.54. The van der Waals surface area contributed by atoms with Crippen LogP contribution in [0.1, 0.15) is 36.8 Å². The van der Waals surface area contributed by atoms with Crippen molar-refractivity contribution in [3.8, 4) is 0 Å². The lowest BCUT2D eigenvalue weighted by atomic mass is 9.91. The molecule has 2 atom stereocenters. The molecule has 20 heavy (non-hydrogen) atoms. The molecule has 0 saturated carbocycles. The number of hydrogen-bond donors (Lipinski definition) is 1. The van der Waals surface area contributed by atoms with E-state index in [1.165, 1.54) is 0 Å². The van der Waals surface area contributed by atoms with Gasteiger partial charge < -0.3 is 5.73 Å². The van der Waals surface area contributed by atoms with Gasteiger partial charge in [-0.3, -0.25) is 4.68 Å². The molecule has 2 rings (SSSR count). The number of rotatable bonds is 5. The van der Waals surface area contributed by atoms with Crippen LogP contribution in [0.5, 0.6) is 0 Å². The Morgan fingerprint density at radius 1 is 1.30 bits per heavy atom. The van der Waals surface area contributed by atoms with Crippen molar-refractivity contribution in [1.29, 1.82) is 0 Å². The second-order valence-corrected chi connectivity index (χ2v) is 5.66. The Morgan fingerprint density at radius 2 is 1.95 bits per heavy atom. The fraction of sp³-hybridized carbons (Fsp3) is 0.438. The summed E-state index contributed by atoms with van der Waals surface area (Å²) >= 11 is 6.36. The highest BCUT2D eigenvalue weighted by molar-refractivity contribution is 6.31. The lowest BCUT2D eigenvalue weighted by Gasteiger charge is -2.21. The second kappa shape index (κ2) is 6.42. The smallest absolute Gasteiger partial charge is 0.0847 e. The minimum atomic E-state index is 0.00720. The third-order valence-corrected chi connectivity index (χ3v) is 4.26. The van der Waals surface area contributed by atoms with E-state index in [9.17, 15) is 0 Å². The molecule has 0 radical (unpaired) electrons. The summed E-state index contributed by atoms with van der Waals surface area (Å²) in [5.41, 5.74) is 9.51. The van der Waals surface area contributed by atoms with Crippen molar-refractivity contribution >= 4 is 11.6 Å². The summed E-state index contributed by atoms with van der Waals surface area (Å²) < 4.78 is 1.98. The van der Waals surface area contributed by atoms with Gasteiger partial charge in [0.15, 0.2) is 0 Å². The SMILES string of the molecule is CCn1nc(C)c(Cl)c1CC(C)C(N)c1ccccc1. The Hall–Kier alpha value is -1.32. The van der Waals surface area contributed by atoms with Crippen molar-refractivity contribution in [3.63, 3.8) is 0 Å². The molecular weight excluding hydrogens is 270 g/mol. The maximum atomic E-state index is 6.36. The number of nitrogens with two attached hydrogens (primary N) is 1. The molecule has 1 aromatic carbocycles. The molecular formula is C16H22ClN3. The Kier molecular flexibility index (Phi) is 4.84. The third kappa shape index (κ3) is 3.05. The highest BCUT2D eigenvalue weighted by Gasteiger charge is 2.20. The number of halogens is 1. The molecule has 0 spiro atoms. The lowest BCUT2D eigenvalue weighted by Crippen LogP contribution is -2.22. The number of aromatic nitrogens is 2. The van der Waals surface area contributed by atoms with Crippen LogP contribution in [0.15, 0.2) is 30.3 Å². The van der Waals surface area contributed by atoms with E-state index in [-0.39, 0.29) is 6.04 Å². The van der Waals surface area contributed by atoms with Crippen LogP contribution >= 0.6 is 11.6 Å². The second-order valence-electron chi connectivity index (χ2n) is 5.28. The predicted octanol–water partition coefficient (Wildman–Crippen LogP) is 3.74. The molecule has 1 aromatic heterocycles. The van der Waals surface area contributed by atoms with Gasteiger partial charge in [-0.15, -0.1) is 0 Å². The summed E-state index contributed by atoms with van der Waals surface area (Å²) in [5, 5.41) is 5.23. The van der Waals surface area contributed by atoms with Gasteiger partial charge in [-0.25, -0.2) is 0 Å². The molecule has 0 bridgehead atoms. The summed E-state index contributed by atoms with van der Waals surface area (Å²) in [6, 6.07) is 10.2. The van der Waals surface area contributed by atoms with E-state index < -0.39 is 0 Å². The molecule has 0 saturated heterocycles. The third-order valence-electron chi connectivity index (χ3n) is 3.77. The fourth-order valence-corrected chi connectivity index (χ4v) is 2.71. The van der Waals surface area contributed by atoms with E-state index in [4.69, 9.17) is 17.3 Å². The summed E-state index contributed by atoms with van der Waals surface area (Å²) in [7, 11) is 0. The predicted molar refractivity (Wildman–Crippen MR) is 83.9 cm³/mol. The van der Waals surface area contributed by atoms with Gasteiger partial charge in [0.05, 0.1) is 16.4 Å².